The summed E-state index contributed by atoms with van der Waals surface area (Å²) in [5.41, 5.74) is 5.23. The zero-order valence-electron chi connectivity index (χ0n) is 9.87. The van der Waals surface area contributed by atoms with Gasteiger partial charge in [0.15, 0.2) is 0 Å². The zero-order chi connectivity index (χ0) is 13.7. The van der Waals surface area contributed by atoms with Crippen molar-refractivity contribution < 1.29 is 21.6 Å². The Labute approximate surface area is 99.5 Å². The molecule has 0 aliphatic heterocycles. The quantitative estimate of drug-likeness (QED) is 0.732. The molecule has 104 valence electrons. The first-order valence-electron chi connectivity index (χ1n) is 5.05. The molecule has 0 aromatic carbocycles. The molecule has 17 heavy (non-hydrogen) atoms. The fourth-order valence-corrected chi connectivity index (χ4v) is 2.22. The molecule has 0 fully saturated rings. The summed E-state index contributed by atoms with van der Waals surface area (Å²) in [6, 6.07) is 0. The highest BCUT2D eigenvalue weighted by atomic mass is 32.2. The molecular weight excluding hydrogens is 259 g/mol. The van der Waals surface area contributed by atoms with Gasteiger partial charge in [0, 0.05) is 27.2 Å². The average molecular weight is 277 g/mol. The second kappa shape index (κ2) is 6.53. The number of nitrogens with zero attached hydrogens (tertiary/aromatic N) is 2. The lowest BCUT2D eigenvalue weighted by molar-refractivity contribution is -0.135. The summed E-state index contributed by atoms with van der Waals surface area (Å²) < 4.78 is 61.0. The Morgan fingerprint density at radius 1 is 1.12 bits per heavy atom. The van der Waals surface area contributed by atoms with E-state index < -0.39 is 29.4 Å². The summed E-state index contributed by atoms with van der Waals surface area (Å²) >= 11 is 0. The molecule has 0 amide bonds. The van der Waals surface area contributed by atoms with Crippen LogP contribution in [0.2, 0.25) is 0 Å². The molecule has 0 saturated carbocycles. The van der Waals surface area contributed by atoms with E-state index in [1.807, 2.05) is 0 Å². The minimum absolute atomic E-state index is 0.190. The maximum absolute atomic E-state index is 12.0. The lowest BCUT2D eigenvalue weighted by Crippen LogP contribution is -2.41. The number of alkyl halides is 3. The lowest BCUT2D eigenvalue weighted by atomic mass is 10.4. The first kappa shape index (κ1) is 16.6. The van der Waals surface area contributed by atoms with Gasteiger partial charge in [0.05, 0.1) is 6.42 Å². The predicted molar refractivity (Wildman–Crippen MR) is 58.5 cm³/mol. The molecule has 0 rings (SSSR count). The summed E-state index contributed by atoms with van der Waals surface area (Å²) in [5, 5.41) is 0. The molecule has 0 aromatic heterocycles. The zero-order valence-corrected chi connectivity index (χ0v) is 10.7. The van der Waals surface area contributed by atoms with Gasteiger partial charge < -0.3 is 5.73 Å². The minimum atomic E-state index is -4.36. The number of halogens is 3. The molecule has 2 N–H and O–H groups in total. The summed E-state index contributed by atoms with van der Waals surface area (Å²) in [6.45, 7) is -0.0693. The van der Waals surface area contributed by atoms with Gasteiger partial charge in [-0.2, -0.15) is 30.2 Å². The van der Waals surface area contributed by atoms with Crippen LogP contribution in [0.5, 0.6) is 0 Å². The molecule has 0 saturated heterocycles. The van der Waals surface area contributed by atoms with Crippen LogP contribution in [0.1, 0.15) is 12.8 Å². The lowest BCUT2D eigenvalue weighted by Gasteiger charge is -2.24. The van der Waals surface area contributed by atoms with Crippen molar-refractivity contribution in [1.29, 1.82) is 0 Å². The molecule has 0 aliphatic carbocycles. The first-order valence-corrected chi connectivity index (χ1v) is 6.45. The van der Waals surface area contributed by atoms with Gasteiger partial charge in [0.25, 0.3) is 10.2 Å². The van der Waals surface area contributed by atoms with Crippen molar-refractivity contribution in [3.05, 3.63) is 0 Å². The Morgan fingerprint density at radius 2 is 1.59 bits per heavy atom. The van der Waals surface area contributed by atoms with Crippen LogP contribution in [0.4, 0.5) is 13.2 Å². The largest absolute Gasteiger partial charge is 0.390 e. The highest BCUT2D eigenvalue weighted by Gasteiger charge is 2.31. The third kappa shape index (κ3) is 6.20. The molecule has 0 atom stereocenters. The smallest absolute Gasteiger partial charge is 0.330 e. The highest BCUT2D eigenvalue weighted by Crippen LogP contribution is 2.20. The van der Waals surface area contributed by atoms with Crippen molar-refractivity contribution in [3.63, 3.8) is 0 Å². The SMILES string of the molecule is CN(CCCN)S(=O)(=O)N(C)CCC(F)(F)F. The summed E-state index contributed by atoms with van der Waals surface area (Å²) in [5.74, 6) is 0. The highest BCUT2D eigenvalue weighted by molar-refractivity contribution is 7.86. The van der Waals surface area contributed by atoms with E-state index >= 15 is 0 Å². The molecule has 0 radical (unpaired) electrons. The maximum atomic E-state index is 12.0. The Morgan fingerprint density at radius 3 is 2.00 bits per heavy atom. The Kier molecular flexibility index (Phi) is 6.38. The Balaban J connectivity index is 4.39. The average Bonchev–Trinajstić information content (AvgIpc) is 2.21. The number of hydrogen-bond acceptors (Lipinski definition) is 3. The molecule has 0 bridgehead atoms. The topological polar surface area (TPSA) is 66.6 Å². The number of hydrogen-bond donors (Lipinski definition) is 1. The van der Waals surface area contributed by atoms with E-state index in [4.69, 9.17) is 5.73 Å². The van der Waals surface area contributed by atoms with Crippen LogP contribution in [-0.4, -0.2) is 56.9 Å². The third-order valence-corrected chi connectivity index (χ3v) is 4.12. The molecule has 0 aromatic rings. The van der Waals surface area contributed by atoms with Crippen LogP contribution in [-0.2, 0) is 10.2 Å². The van der Waals surface area contributed by atoms with Crippen LogP contribution in [0, 0.1) is 0 Å². The molecule has 0 aliphatic rings. The maximum Gasteiger partial charge on any atom is 0.390 e. The second-order valence-corrected chi connectivity index (χ2v) is 5.80. The Bertz CT molecular complexity index is 318. The molecule has 5 nitrogen and oxygen atoms in total. The van der Waals surface area contributed by atoms with Crippen molar-refractivity contribution in [3.8, 4) is 0 Å². The van der Waals surface area contributed by atoms with Gasteiger partial charge >= 0.3 is 6.18 Å². The van der Waals surface area contributed by atoms with Gasteiger partial charge in [-0.3, -0.25) is 0 Å². The van der Waals surface area contributed by atoms with Crippen LogP contribution >= 0.6 is 0 Å². The van der Waals surface area contributed by atoms with Crippen molar-refractivity contribution in [1.82, 2.24) is 8.61 Å². The van der Waals surface area contributed by atoms with Crippen molar-refractivity contribution >= 4 is 10.2 Å². The number of nitrogens with two attached hydrogens (primary N) is 1. The summed E-state index contributed by atoms with van der Waals surface area (Å²) in [4.78, 5) is 0. The third-order valence-electron chi connectivity index (χ3n) is 2.18. The van der Waals surface area contributed by atoms with E-state index in [2.05, 4.69) is 0 Å². The van der Waals surface area contributed by atoms with Crippen LogP contribution in [0.25, 0.3) is 0 Å². The summed E-state index contributed by atoms with van der Waals surface area (Å²) in [6.07, 6.45) is -5.06. The first-order chi connectivity index (χ1) is 7.61. The van der Waals surface area contributed by atoms with E-state index in [1.165, 1.54) is 7.05 Å². The molecule has 9 heteroatoms. The van der Waals surface area contributed by atoms with Gasteiger partial charge in [-0.25, -0.2) is 0 Å². The normalized spacial score (nSPS) is 13.6. The van der Waals surface area contributed by atoms with Gasteiger partial charge in [0.2, 0.25) is 0 Å². The van der Waals surface area contributed by atoms with E-state index in [9.17, 15) is 21.6 Å². The monoisotopic (exact) mass is 277 g/mol. The molecule has 0 heterocycles. The standard InChI is InChI=1S/C8H18F3N3O2S/c1-13(6-3-5-12)17(15,16)14(2)7-4-8(9,10)11/h3-7,12H2,1-2H3. The molecule has 0 unspecified atom stereocenters. The minimum Gasteiger partial charge on any atom is -0.330 e. The van der Waals surface area contributed by atoms with Crippen molar-refractivity contribution in [2.75, 3.05) is 33.7 Å². The van der Waals surface area contributed by atoms with Crippen LogP contribution in [0.3, 0.4) is 0 Å². The van der Waals surface area contributed by atoms with E-state index in [0.29, 0.717) is 17.3 Å². The second-order valence-electron chi connectivity index (χ2n) is 3.66. The predicted octanol–water partition coefficient (Wildman–Crippen LogP) is 0.396. The number of rotatable bonds is 7. The van der Waals surface area contributed by atoms with Gasteiger partial charge in [-0.05, 0) is 13.0 Å². The van der Waals surface area contributed by atoms with Crippen molar-refractivity contribution in [2.45, 2.75) is 19.0 Å². The van der Waals surface area contributed by atoms with Gasteiger partial charge in [-0.1, -0.05) is 0 Å². The van der Waals surface area contributed by atoms with Gasteiger partial charge in [-0.15, -0.1) is 0 Å². The fraction of sp³-hybridized carbons (Fsp3) is 1.00. The van der Waals surface area contributed by atoms with E-state index in [-0.39, 0.29) is 6.54 Å². The van der Waals surface area contributed by atoms with Crippen molar-refractivity contribution in [2.24, 2.45) is 5.73 Å². The fourth-order valence-electron chi connectivity index (χ4n) is 1.07. The van der Waals surface area contributed by atoms with E-state index in [1.54, 1.807) is 0 Å². The van der Waals surface area contributed by atoms with Gasteiger partial charge in [0.1, 0.15) is 0 Å². The molecule has 0 spiro atoms. The Hall–Kier alpha value is -0.380. The summed E-state index contributed by atoms with van der Waals surface area (Å²) in [7, 11) is -1.38. The van der Waals surface area contributed by atoms with Crippen LogP contribution in [0.15, 0.2) is 0 Å². The van der Waals surface area contributed by atoms with Crippen LogP contribution < -0.4 is 5.73 Å². The van der Waals surface area contributed by atoms with E-state index in [0.717, 1.165) is 11.4 Å². The molecular formula is C8H18F3N3O2S.